The number of carboxylic acid groups (broad SMARTS) is 1. The Morgan fingerprint density at radius 3 is 2.53 bits per heavy atom. The van der Waals surface area contributed by atoms with E-state index in [-0.39, 0.29) is 12.3 Å². The fourth-order valence-electron chi connectivity index (χ4n) is 1.52. The molecule has 0 saturated heterocycles. The van der Waals surface area contributed by atoms with E-state index in [0.717, 1.165) is 5.56 Å². The standard InChI is InChI=1S/C13H15Cl2NO3/c1-8(13(18)19)16(2)12(17)6-4-9-3-5-10(14)7-11(9)15/h3,5,7-8H,4,6H2,1-2H3,(H,18,19). The topological polar surface area (TPSA) is 57.6 Å². The minimum absolute atomic E-state index is 0.204. The molecule has 1 N–H and O–H groups in total. The Bertz CT molecular complexity index is 491. The van der Waals surface area contributed by atoms with Gasteiger partial charge in [-0.2, -0.15) is 0 Å². The molecule has 0 aliphatic rings. The van der Waals surface area contributed by atoms with Crippen LogP contribution >= 0.6 is 23.2 Å². The Kier molecular flexibility index (Phi) is 5.63. The first kappa shape index (κ1) is 15.8. The number of hydrogen-bond acceptors (Lipinski definition) is 2. The number of nitrogens with zero attached hydrogens (tertiary/aromatic N) is 1. The predicted octanol–water partition coefficient (Wildman–Crippen LogP) is 2.86. The second kappa shape index (κ2) is 6.78. The van der Waals surface area contributed by atoms with Crippen LogP contribution in [0.15, 0.2) is 18.2 Å². The summed E-state index contributed by atoms with van der Waals surface area (Å²) in [6, 6.07) is 4.25. The second-order valence-electron chi connectivity index (χ2n) is 4.25. The minimum Gasteiger partial charge on any atom is -0.480 e. The SMILES string of the molecule is CC(C(=O)O)N(C)C(=O)CCc1ccc(Cl)cc1Cl. The molecule has 1 amide bonds. The third-order valence-electron chi connectivity index (χ3n) is 2.96. The van der Waals surface area contributed by atoms with Crippen LogP contribution in [0, 0.1) is 0 Å². The van der Waals surface area contributed by atoms with Crippen LogP contribution in [0.3, 0.4) is 0 Å². The van der Waals surface area contributed by atoms with Crippen LogP contribution in [0.1, 0.15) is 18.9 Å². The predicted molar refractivity (Wildman–Crippen MR) is 74.7 cm³/mol. The fourth-order valence-corrected chi connectivity index (χ4v) is 2.03. The van der Waals surface area contributed by atoms with Gasteiger partial charge >= 0.3 is 5.97 Å². The Balaban J connectivity index is 2.61. The van der Waals surface area contributed by atoms with Gasteiger partial charge in [0.15, 0.2) is 0 Å². The normalized spacial score (nSPS) is 12.0. The Labute approximate surface area is 121 Å². The molecular weight excluding hydrogens is 289 g/mol. The van der Waals surface area contributed by atoms with Crippen molar-refractivity contribution in [3.63, 3.8) is 0 Å². The molecule has 0 aromatic heterocycles. The average molecular weight is 304 g/mol. The highest BCUT2D eigenvalue weighted by atomic mass is 35.5. The van der Waals surface area contributed by atoms with Crippen molar-refractivity contribution in [3.8, 4) is 0 Å². The maximum Gasteiger partial charge on any atom is 0.326 e. The van der Waals surface area contributed by atoms with Crippen molar-refractivity contribution in [2.24, 2.45) is 0 Å². The number of rotatable bonds is 5. The molecule has 1 atom stereocenters. The van der Waals surface area contributed by atoms with Gasteiger partial charge in [-0.05, 0) is 31.0 Å². The Morgan fingerprint density at radius 1 is 1.37 bits per heavy atom. The van der Waals surface area contributed by atoms with Crippen LogP contribution in [0.2, 0.25) is 10.0 Å². The molecule has 1 aromatic rings. The van der Waals surface area contributed by atoms with Gasteiger partial charge in [0.1, 0.15) is 6.04 Å². The van der Waals surface area contributed by atoms with E-state index in [0.29, 0.717) is 16.5 Å². The zero-order chi connectivity index (χ0) is 14.6. The molecule has 1 unspecified atom stereocenters. The van der Waals surface area contributed by atoms with E-state index in [1.807, 2.05) is 0 Å². The summed E-state index contributed by atoms with van der Waals surface area (Å²) in [6.45, 7) is 1.47. The first-order chi connectivity index (χ1) is 8.82. The van der Waals surface area contributed by atoms with Gasteiger partial charge in [-0.3, -0.25) is 4.79 Å². The van der Waals surface area contributed by atoms with E-state index in [1.54, 1.807) is 18.2 Å². The molecule has 0 spiro atoms. The molecule has 0 aliphatic heterocycles. The van der Waals surface area contributed by atoms with E-state index >= 15 is 0 Å². The first-order valence-corrected chi connectivity index (χ1v) is 6.51. The average Bonchev–Trinajstić information content (AvgIpc) is 2.35. The van der Waals surface area contributed by atoms with E-state index < -0.39 is 12.0 Å². The summed E-state index contributed by atoms with van der Waals surface area (Å²) in [7, 11) is 1.48. The second-order valence-corrected chi connectivity index (χ2v) is 5.10. The van der Waals surface area contributed by atoms with Crippen LogP contribution in [0.4, 0.5) is 0 Å². The van der Waals surface area contributed by atoms with E-state index in [4.69, 9.17) is 28.3 Å². The van der Waals surface area contributed by atoms with Crippen LogP contribution in [0.25, 0.3) is 0 Å². The third-order valence-corrected chi connectivity index (χ3v) is 3.54. The summed E-state index contributed by atoms with van der Waals surface area (Å²) >= 11 is 11.8. The number of halogens is 2. The van der Waals surface area contributed by atoms with Crippen LogP contribution in [0.5, 0.6) is 0 Å². The van der Waals surface area contributed by atoms with Gasteiger partial charge in [0, 0.05) is 23.5 Å². The van der Waals surface area contributed by atoms with Crippen LogP contribution < -0.4 is 0 Å². The maximum atomic E-state index is 11.8. The number of hydrogen-bond donors (Lipinski definition) is 1. The Hall–Kier alpha value is -1.26. The summed E-state index contributed by atoms with van der Waals surface area (Å²) in [6.07, 6.45) is 0.654. The third kappa shape index (κ3) is 4.40. The van der Waals surface area contributed by atoms with Crippen molar-refractivity contribution in [1.29, 1.82) is 0 Å². The lowest BCUT2D eigenvalue weighted by molar-refractivity contribution is -0.148. The highest BCUT2D eigenvalue weighted by Gasteiger charge is 2.21. The number of aliphatic carboxylic acids is 1. The van der Waals surface area contributed by atoms with Gasteiger partial charge in [-0.1, -0.05) is 29.3 Å². The van der Waals surface area contributed by atoms with Crippen molar-refractivity contribution in [2.75, 3.05) is 7.05 Å². The van der Waals surface area contributed by atoms with Crippen molar-refractivity contribution in [2.45, 2.75) is 25.8 Å². The van der Waals surface area contributed by atoms with Crippen molar-refractivity contribution in [3.05, 3.63) is 33.8 Å². The van der Waals surface area contributed by atoms with Gasteiger partial charge in [0.2, 0.25) is 5.91 Å². The zero-order valence-corrected chi connectivity index (χ0v) is 12.2. The molecule has 1 rings (SSSR count). The molecule has 0 aliphatic carbocycles. The first-order valence-electron chi connectivity index (χ1n) is 5.75. The van der Waals surface area contributed by atoms with Gasteiger partial charge < -0.3 is 10.0 Å². The number of aryl methyl sites for hydroxylation is 1. The summed E-state index contributed by atoms with van der Waals surface area (Å²) in [4.78, 5) is 23.8. The number of carbonyl (C=O) groups excluding carboxylic acids is 1. The quantitative estimate of drug-likeness (QED) is 0.910. The highest BCUT2D eigenvalue weighted by molar-refractivity contribution is 6.35. The summed E-state index contributed by atoms with van der Waals surface area (Å²) in [5, 5.41) is 9.88. The van der Waals surface area contributed by atoms with E-state index in [1.165, 1.54) is 18.9 Å². The number of amides is 1. The van der Waals surface area contributed by atoms with E-state index in [2.05, 4.69) is 0 Å². The molecule has 4 nitrogen and oxygen atoms in total. The van der Waals surface area contributed by atoms with Crippen molar-refractivity contribution < 1.29 is 14.7 Å². The number of carbonyl (C=O) groups is 2. The summed E-state index contributed by atoms with van der Waals surface area (Å²) in [5.41, 5.74) is 0.816. The molecule has 19 heavy (non-hydrogen) atoms. The Morgan fingerprint density at radius 2 is 2.00 bits per heavy atom. The summed E-state index contributed by atoms with van der Waals surface area (Å²) < 4.78 is 0. The smallest absolute Gasteiger partial charge is 0.326 e. The maximum absolute atomic E-state index is 11.8. The molecule has 0 saturated carbocycles. The fraction of sp³-hybridized carbons (Fsp3) is 0.385. The summed E-state index contributed by atoms with van der Waals surface area (Å²) in [5.74, 6) is -1.26. The molecule has 0 bridgehead atoms. The van der Waals surface area contributed by atoms with Gasteiger partial charge in [0.25, 0.3) is 0 Å². The minimum atomic E-state index is -1.03. The number of benzene rings is 1. The molecule has 0 radical (unpaired) electrons. The molecule has 0 fully saturated rings. The molecule has 0 heterocycles. The largest absolute Gasteiger partial charge is 0.480 e. The number of carboxylic acids is 1. The van der Waals surface area contributed by atoms with Gasteiger partial charge in [-0.15, -0.1) is 0 Å². The monoisotopic (exact) mass is 303 g/mol. The van der Waals surface area contributed by atoms with Crippen molar-refractivity contribution >= 4 is 35.1 Å². The lowest BCUT2D eigenvalue weighted by atomic mass is 10.1. The van der Waals surface area contributed by atoms with Crippen molar-refractivity contribution in [1.82, 2.24) is 4.90 Å². The molecule has 104 valence electrons. The lowest BCUT2D eigenvalue weighted by Crippen LogP contribution is -2.40. The highest BCUT2D eigenvalue weighted by Crippen LogP contribution is 2.22. The zero-order valence-electron chi connectivity index (χ0n) is 10.7. The van der Waals surface area contributed by atoms with E-state index in [9.17, 15) is 9.59 Å². The van der Waals surface area contributed by atoms with Crippen LogP contribution in [-0.4, -0.2) is 35.0 Å². The lowest BCUT2D eigenvalue weighted by Gasteiger charge is -2.21. The van der Waals surface area contributed by atoms with Gasteiger partial charge in [0.05, 0.1) is 0 Å². The molecule has 6 heteroatoms. The molecule has 1 aromatic carbocycles. The van der Waals surface area contributed by atoms with Crippen LogP contribution in [-0.2, 0) is 16.0 Å². The number of likely N-dealkylation sites (N-methyl/N-ethyl adjacent to an activating group) is 1. The van der Waals surface area contributed by atoms with Gasteiger partial charge in [-0.25, -0.2) is 4.79 Å². The molecular formula is C13H15Cl2NO3.